The lowest BCUT2D eigenvalue weighted by molar-refractivity contribution is 0.146. The van der Waals surface area contributed by atoms with Gasteiger partial charge in [-0.05, 0) is 25.7 Å². The zero-order valence-corrected chi connectivity index (χ0v) is 14.1. The van der Waals surface area contributed by atoms with Gasteiger partial charge in [-0.1, -0.05) is 0 Å². The number of amides is 2. The second-order valence-corrected chi connectivity index (χ2v) is 8.29. The van der Waals surface area contributed by atoms with Crippen LogP contribution in [0.2, 0.25) is 0 Å². The third kappa shape index (κ3) is 3.46. The van der Waals surface area contributed by atoms with Crippen LogP contribution in [-0.4, -0.2) is 66.7 Å². The largest absolute Gasteiger partial charge is 0.325 e. The molecule has 2 saturated heterocycles. The number of carbonyl (C=O) groups excluding carboxylic acids is 1. The lowest BCUT2D eigenvalue weighted by Crippen LogP contribution is -2.46. The number of aromatic nitrogens is 2. The van der Waals surface area contributed by atoms with Gasteiger partial charge in [0.25, 0.3) is 0 Å². The molecule has 3 heterocycles. The minimum absolute atomic E-state index is 0.0528. The van der Waals surface area contributed by atoms with Gasteiger partial charge in [0.05, 0.1) is 5.69 Å². The van der Waals surface area contributed by atoms with Gasteiger partial charge in [-0.15, -0.1) is 0 Å². The molecule has 0 saturated carbocycles. The molecule has 1 unspecified atom stereocenters. The number of nitrogens with zero attached hydrogens (tertiary/aromatic N) is 4. The van der Waals surface area contributed by atoms with Crippen LogP contribution in [0.5, 0.6) is 0 Å². The number of hydrogen-bond acceptors (Lipinski definition) is 5. The highest BCUT2D eigenvalue weighted by molar-refractivity contribution is 7.90. The van der Waals surface area contributed by atoms with E-state index < -0.39 is 9.84 Å². The van der Waals surface area contributed by atoms with E-state index in [1.807, 2.05) is 9.80 Å². The lowest BCUT2D eigenvalue weighted by atomic mass is 9.94. The molecular weight excluding hydrogens is 316 g/mol. The van der Waals surface area contributed by atoms with Gasteiger partial charge >= 0.3 is 6.03 Å². The number of piperidine rings is 1. The summed E-state index contributed by atoms with van der Waals surface area (Å²) in [5.74, 6) is -0.0528. The van der Waals surface area contributed by atoms with E-state index in [2.05, 4.69) is 9.97 Å². The predicted molar refractivity (Wildman–Crippen MR) is 84.9 cm³/mol. The van der Waals surface area contributed by atoms with Gasteiger partial charge in [0.2, 0.25) is 0 Å². The highest BCUT2D eigenvalue weighted by Gasteiger charge is 2.31. The second-order valence-electron chi connectivity index (χ2n) is 6.31. The Morgan fingerprint density at radius 2 is 1.87 bits per heavy atom. The summed E-state index contributed by atoms with van der Waals surface area (Å²) in [4.78, 5) is 24.5. The minimum Gasteiger partial charge on any atom is -0.325 e. The number of carbonyl (C=O) groups is 1. The Balaban J connectivity index is 1.80. The molecular formula is C15H22N4O3S. The van der Waals surface area contributed by atoms with E-state index in [-0.39, 0.29) is 16.8 Å². The quantitative estimate of drug-likeness (QED) is 0.811. The van der Waals surface area contributed by atoms with Crippen molar-refractivity contribution in [1.82, 2.24) is 19.8 Å². The van der Waals surface area contributed by atoms with Crippen molar-refractivity contribution in [1.29, 1.82) is 0 Å². The molecule has 2 fully saturated rings. The number of sulfone groups is 1. The molecule has 0 aromatic carbocycles. The molecule has 126 valence electrons. The smallest absolute Gasteiger partial charge is 0.320 e. The molecule has 1 aromatic heterocycles. The number of likely N-dealkylation sites (tertiary alicyclic amines) is 2. The Kier molecular flexibility index (Phi) is 4.52. The van der Waals surface area contributed by atoms with Crippen LogP contribution in [0.1, 0.15) is 37.3 Å². The molecule has 0 aliphatic carbocycles. The topological polar surface area (TPSA) is 83.5 Å². The summed E-state index contributed by atoms with van der Waals surface area (Å²) in [6.45, 7) is 2.89. The molecule has 0 radical (unpaired) electrons. The molecule has 0 bridgehead atoms. The van der Waals surface area contributed by atoms with Crippen LogP contribution in [0.25, 0.3) is 0 Å². The summed E-state index contributed by atoms with van der Waals surface area (Å²) >= 11 is 0. The van der Waals surface area contributed by atoms with E-state index in [1.165, 1.54) is 18.8 Å². The van der Waals surface area contributed by atoms with E-state index in [0.29, 0.717) is 12.2 Å². The Hall–Kier alpha value is -1.70. The highest BCUT2D eigenvalue weighted by Crippen LogP contribution is 2.30. The van der Waals surface area contributed by atoms with Gasteiger partial charge < -0.3 is 9.80 Å². The molecule has 2 aliphatic rings. The molecule has 2 amide bonds. The maximum Gasteiger partial charge on any atom is 0.320 e. The van der Waals surface area contributed by atoms with Crippen molar-refractivity contribution < 1.29 is 13.2 Å². The third-order valence-electron chi connectivity index (χ3n) is 4.56. The van der Waals surface area contributed by atoms with E-state index in [9.17, 15) is 13.2 Å². The van der Waals surface area contributed by atoms with Crippen LogP contribution in [-0.2, 0) is 9.84 Å². The second kappa shape index (κ2) is 6.43. The van der Waals surface area contributed by atoms with Crippen molar-refractivity contribution in [2.75, 3.05) is 32.4 Å². The molecule has 2 aliphatic heterocycles. The van der Waals surface area contributed by atoms with Crippen LogP contribution < -0.4 is 0 Å². The fourth-order valence-electron chi connectivity index (χ4n) is 3.40. The number of hydrogen-bond donors (Lipinski definition) is 0. The fourth-order valence-corrected chi connectivity index (χ4v) is 4.25. The predicted octanol–water partition coefficient (Wildman–Crippen LogP) is 1.28. The zero-order chi connectivity index (χ0) is 16.4. The van der Waals surface area contributed by atoms with Gasteiger partial charge in [-0.25, -0.2) is 23.2 Å². The first kappa shape index (κ1) is 16.2. The van der Waals surface area contributed by atoms with Crippen molar-refractivity contribution >= 4 is 15.9 Å². The summed E-state index contributed by atoms with van der Waals surface area (Å²) < 4.78 is 23.9. The first-order valence-corrected chi connectivity index (χ1v) is 9.90. The van der Waals surface area contributed by atoms with Crippen LogP contribution in [0.15, 0.2) is 17.4 Å². The molecule has 1 aromatic rings. The Bertz CT molecular complexity index is 686. The van der Waals surface area contributed by atoms with Gasteiger partial charge in [-0.2, -0.15) is 0 Å². The SMILES string of the molecule is CS(=O)(=O)c1cncnc1C1CCCN(C(=O)N2CCCC2)C1. The van der Waals surface area contributed by atoms with Gasteiger partial charge in [0.15, 0.2) is 9.84 Å². The van der Waals surface area contributed by atoms with Gasteiger partial charge in [0, 0.05) is 44.5 Å². The third-order valence-corrected chi connectivity index (χ3v) is 5.68. The lowest BCUT2D eigenvalue weighted by Gasteiger charge is -2.35. The summed E-state index contributed by atoms with van der Waals surface area (Å²) in [7, 11) is -3.38. The average Bonchev–Trinajstić information content (AvgIpc) is 3.08. The van der Waals surface area contributed by atoms with Crippen molar-refractivity contribution in [3.05, 3.63) is 18.2 Å². The Morgan fingerprint density at radius 3 is 2.57 bits per heavy atom. The first-order valence-electron chi connectivity index (χ1n) is 8.00. The maximum atomic E-state index is 12.6. The van der Waals surface area contributed by atoms with E-state index in [1.54, 1.807) is 0 Å². The maximum absolute atomic E-state index is 12.6. The first-order chi connectivity index (χ1) is 11.0. The monoisotopic (exact) mass is 338 g/mol. The Labute approximate surface area is 136 Å². The summed E-state index contributed by atoms with van der Waals surface area (Å²) in [6.07, 6.45) is 7.73. The van der Waals surface area contributed by atoms with E-state index in [4.69, 9.17) is 0 Å². The summed E-state index contributed by atoms with van der Waals surface area (Å²) in [5.41, 5.74) is 0.543. The molecule has 0 N–H and O–H groups in total. The van der Waals surface area contributed by atoms with Crippen molar-refractivity contribution in [2.45, 2.75) is 36.5 Å². The van der Waals surface area contributed by atoms with E-state index in [0.717, 1.165) is 45.3 Å². The molecule has 0 spiro atoms. The van der Waals surface area contributed by atoms with E-state index >= 15 is 0 Å². The average molecular weight is 338 g/mol. The van der Waals surface area contributed by atoms with Crippen molar-refractivity contribution in [3.8, 4) is 0 Å². The normalized spacial score (nSPS) is 22.4. The molecule has 3 rings (SSSR count). The van der Waals surface area contributed by atoms with Gasteiger partial charge in [0.1, 0.15) is 11.2 Å². The molecule has 1 atom stereocenters. The van der Waals surface area contributed by atoms with Crippen LogP contribution >= 0.6 is 0 Å². The van der Waals surface area contributed by atoms with Crippen molar-refractivity contribution in [2.24, 2.45) is 0 Å². The standard InChI is InChI=1S/C15H22N4O3S/c1-23(21,22)13-9-16-11-17-14(13)12-5-4-8-19(10-12)15(20)18-6-2-3-7-18/h9,11-12H,2-8,10H2,1H3. The van der Waals surface area contributed by atoms with Crippen molar-refractivity contribution in [3.63, 3.8) is 0 Å². The molecule has 8 heteroatoms. The van der Waals surface area contributed by atoms with Gasteiger partial charge in [-0.3, -0.25) is 0 Å². The fraction of sp³-hybridized carbons (Fsp3) is 0.667. The van der Waals surface area contributed by atoms with Crippen LogP contribution in [0.4, 0.5) is 4.79 Å². The highest BCUT2D eigenvalue weighted by atomic mass is 32.2. The molecule has 7 nitrogen and oxygen atoms in total. The zero-order valence-electron chi connectivity index (χ0n) is 13.3. The number of rotatable bonds is 2. The molecule has 23 heavy (non-hydrogen) atoms. The summed E-state index contributed by atoms with van der Waals surface area (Å²) in [6, 6.07) is 0.0714. The summed E-state index contributed by atoms with van der Waals surface area (Å²) in [5, 5.41) is 0. The Morgan fingerprint density at radius 1 is 1.17 bits per heavy atom. The van der Waals surface area contributed by atoms with Crippen LogP contribution in [0.3, 0.4) is 0 Å². The number of urea groups is 1. The minimum atomic E-state index is -3.38. The van der Waals surface area contributed by atoms with Crippen LogP contribution in [0, 0.1) is 0 Å².